The van der Waals surface area contributed by atoms with E-state index >= 15 is 0 Å². The number of benzene rings is 1. The molecule has 120 valence electrons. The third-order valence-electron chi connectivity index (χ3n) is 5.18. The molecule has 2 aromatic rings. The summed E-state index contributed by atoms with van der Waals surface area (Å²) >= 11 is 0. The molecule has 0 saturated carbocycles. The minimum absolute atomic E-state index is 0.0477. The Labute approximate surface area is 134 Å². The summed E-state index contributed by atoms with van der Waals surface area (Å²) in [7, 11) is 0. The third-order valence-corrected chi connectivity index (χ3v) is 5.18. The minimum atomic E-state index is -0.319. The van der Waals surface area contributed by atoms with Crippen molar-refractivity contribution < 1.29 is 9.18 Å². The number of hydrogen-bond donors (Lipinski definition) is 0. The van der Waals surface area contributed by atoms with Crippen molar-refractivity contribution in [2.75, 3.05) is 0 Å². The zero-order chi connectivity index (χ0) is 16.0. The van der Waals surface area contributed by atoms with Crippen LogP contribution in [0.1, 0.15) is 47.6 Å². The van der Waals surface area contributed by atoms with Gasteiger partial charge in [0.25, 0.3) is 5.91 Å². The van der Waals surface area contributed by atoms with E-state index in [9.17, 15) is 9.18 Å². The minimum Gasteiger partial charge on any atom is -0.333 e. The fourth-order valence-corrected chi connectivity index (χ4v) is 3.98. The van der Waals surface area contributed by atoms with Crippen LogP contribution < -0.4 is 0 Å². The van der Waals surface area contributed by atoms with Gasteiger partial charge in [-0.05, 0) is 50.3 Å². The third kappa shape index (κ3) is 2.42. The molecule has 4 rings (SSSR count). The molecule has 2 saturated heterocycles. The largest absolute Gasteiger partial charge is 0.333 e. The highest BCUT2D eigenvalue weighted by Crippen LogP contribution is 2.41. The van der Waals surface area contributed by atoms with E-state index in [1.165, 1.54) is 6.07 Å². The molecule has 0 N–H and O–H groups in total. The number of amides is 1. The maximum absolute atomic E-state index is 13.8. The number of piperidine rings is 1. The lowest BCUT2D eigenvalue weighted by molar-refractivity contribution is 0.0522. The Hall–Kier alpha value is -2.24. The lowest BCUT2D eigenvalue weighted by Crippen LogP contribution is -2.47. The van der Waals surface area contributed by atoms with E-state index in [0.717, 1.165) is 25.7 Å². The van der Waals surface area contributed by atoms with Gasteiger partial charge in [0.05, 0.1) is 12.2 Å². The Morgan fingerprint density at radius 3 is 2.57 bits per heavy atom. The van der Waals surface area contributed by atoms with E-state index in [2.05, 4.69) is 10.3 Å². The van der Waals surface area contributed by atoms with E-state index in [1.54, 1.807) is 25.3 Å². The van der Waals surface area contributed by atoms with Crippen LogP contribution in [0, 0.1) is 12.7 Å². The first kappa shape index (κ1) is 14.4. The molecule has 6 heteroatoms. The molecule has 2 aliphatic heterocycles. The van der Waals surface area contributed by atoms with Crippen LogP contribution in [-0.4, -0.2) is 37.9 Å². The van der Waals surface area contributed by atoms with Crippen molar-refractivity contribution in [3.63, 3.8) is 0 Å². The van der Waals surface area contributed by atoms with Crippen LogP contribution in [0.15, 0.2) is 30.6 Å². The molecule has 23 heavy (non-hydrogen) atoms. The van der Waals surface area contributed by atoms with Crippen LogP contribution in [0.2, 0.25) is 0 Å². The molecular weight excluding hydrogens is 295 g/mol. The summed E-state index contributed by atoms with van der Waals surface area (Å²) in [4.78, 5) is 14.8. The van der Waals surface area contributed by atoms with Gasteiger partial charge in [-0.1, -0.05) is 11.3 Å². The number of nitrogens with zero attached hydrogens (tertiary/aromatic N) is 4. The van der Waals surface area contributed by atoms with Gasteiger partial charge in [0, 0.05) is 23.8 Å². The summed E-state index contributed by atoms with van der Waals surface area (Å²) < 4.78 is 15.7. The summed E-state index contributed by atoms with van der Waals surface area (Å²) in [5.41, 5.74) is 1.01. The van der Waals surface area contributed by atoms with Crippen LogP contribution in [0.4, 0.5) is 4.39 Å². The molecule has 1 aromatic heterocycles. The second kappa shape index (κ2) is 5.44. The Balaban J connectivity index is 1.56. The normalized spacial score (nSPS) is 26.5. The van der Waals surface area contributed by atoms with Crippen LogP contribution in [0.5, 0.6) is 0 Å². The fourth-order valence-electron chi connectivity index (χ4n) is 3.98. The van der Waals surface area contributed by atoms with Gasteiger partial charge in [0.2, 0.25) is 0 Å². The van der Waals surface area contributed by atoms with E-state index in [1.807, 2.05) is 15.8 Å². The molecular formula is C17H19FN4O. The lowest BCUT2D eigenvalue weighted by atomic mass is 9.96. The number of carbonyl (C=O) groups excluding carboxylic acids is 1. The summed E-state index contributed by atoms with van der Waals surface area (Å²) in [6, 6.07) is 5.48. The Morgan fingerprint density at radius 1 is 1.22 bits per heavy atom. The van der Waals surface area contributed by atoms with Crippen LogP contribution >= 0.6 is 0 Å². The molecule has 2 aliphatic rings. The van der Waals surface area contributed by atoms with Crippen molar-refractivity contribution in [3.05, 3.63) is 47.5 Å². The summed E-state index contributed by atoms with van der Waals surface area (Å²) in [6.07, 6.45) is 7.37. The van der Waals surface area contributed by atoms with Crippen molar-refractivity contribution in [2.45, 2.75) is 50.7 Å². The van der Waals surface area contributed by atoms with Gasteiger partial charge in [0.1, 0.15) is 5.82 Å². The maximum atomic E-state index is 13.8. The number of aromatic nitrogens is 3. The number of carbonyl (C=O) groups is 1. The van der Waals surface area contributed by atoms with Gasteiger partial charge >= 0.3 is 0 Å². The monoisotopic (exact) mass is 314 g/mol. The van der Waals surface area contributed by atoms with Crippen LogP contribution in [0.3, 0.4) is 0 Å². The van der Waals surface area contributed by atoms with Crippen LogP contribution in [-0.2, 0) is 0 Å². The molecule has 5 nitrogen and oxygen atoms in total. The predicted octanol–water partition coefficient (Wildman–Crippen LogP) is 2.73. The lowest BCUT2D eigenvalue weighted by Gasteiger charge is -2.39. The average molecular weight is 314 g/mol. The standard InChI is InChI=1S/C17H19FN4O/c1-11-2-3-12(8-16(11)18)17(23)22-13-4-5-14(22)10-15(9-13)21-7-6-19-20-21/h2-3,6-8,13-15H,4-5,9-10H2,1H3. The summed E-state index contributed by atoms with van der Waals surface area (Å²) in [6.45, 7) is 1.71. The zero-order valence-corrected chi connectivity index (χ0v) is 13.0. The van der Waals surface area contributed by atoms with E-state index in [-0.39, 0.29) is 23.8 Å². The average Bonchev–Trinajstić information content (AvgIpc) is 3.16. The zero-order valence-electron chi connectivity index (χ0n) is 13.0. The Bertz CT molecular complexity index is 716. The second-order valence-corrected chi connectivity index (χ2v) is 6.57. The summed E-state index contributed by atoms with van der Waals surface area (Å²) in [5.74, 6) is -0.367. The predicted molar refractivity (Wildman–Crippen MR) is 82.4 cm³/mol. The number of halogens is 1. The molecule has 2 fully saturated rings. The number of fused-ring (bicyclic) bond motifs is 2. The van der Waals surface area contributed by atoms with Gasteiger partial charge in [-0.25, -0.2) is 9.07 Å². The molecule has 3 heterocycles. The summed E-state index contributed by atoms with van der Waals surface area (Å²) in [5, 5.41) is 7.98. The SMILES string of the molecule is Cc1ccc(C(=O)N2C3CCC2CC(n2ccnn2)C3)cc1F. The molecule has 2 unspecified atom stereocenters. The topological polar surface area (TPSA) is 51.0 Å². The van der Waals surface area contributed by atoms with Gasteiger partial charge in [-0.2, -0.15) is 0 Å². The van der Waals surface area contributed by atoms with E-state index in [0.29, 0.717) is 17.2 Å². The number of aryl methyl sites for hydroxylation is 1. The second-order valence-electron chi connectivity index (χ2n) is 6.57. The first-order valence-corrected chi connectivity index (χ1v) is 8.08. The highest BCUT2D eigenvalue weighted by Gasteiger charge is 2.44. The van der Waals surface area contributed by atoms with E-state index < -0.39 is 0 Å². The van der Waals surface area contributed by atoms with Crippen LogP contribution in [0.25, 0.3) is 0 Å². The Kier molecular flexibility index (Phi) is 3.39. The number of hydrogen-bond acceptors (Lipinski definition) is 3. The van der Waals surface area contributed by atoms with Gasteiger partial charge < -0.3 is 4.90 Å². The van der Waals surface area contributed by atoms with Crippen molar-refractivity contribution >= 4 is 5.91 Å². The first-order valence-electron chi connectivity index (χ1n) is 8.08. The quantitative estimate of drug-likeness (QED) is 0.856. The van der Waals surface area contributed by atoms with Crippen molar-refractivity contribution in [3.8, 4) is 0 Å². The van der Waals surface area contributed by atoms with Crippen molar-refractivity contribution in [1.29, 1.82) is 0 Å². The fraction of sp³-hybridized carbons (Fsp3) is 0.471. The number of rotatable bonds is 2. The van der Waals surface area contributed by atoms with Crippen molar-refractivity contribution in [2.24, 2.45) is 0 Å². The van der Waals surface area contributed by atoms with Gasteiger partial charge in [-0.3, -0.25) is 4.79 Å². The molecule has 0 spiro atoms. The molecule has 1 amide bonds. The maximum Gasteiger partial charge on any atom is 0.254 e. The molecule has 0 radical (unpaired) electrons. The van der Waals surface area contributed by atoms with Gasteiger partial charge in [-0.15, -0.1) is 5.10 Å². The first-order chi connectivity index (χ1) is 11.1. The highest BCUT2D eigenvalue weighted by atomic mass is 19.1. The highest BCUT2D eigenvalue weighted by molar-refractivity contribution is 5.95. The molecule has 2 atom stereocenters. The molecule has 2 bridgehead atoms. The smallest absolute Gasteiger partial charge is 0.254 e. The Morgan fingerprint density at radius 2 is 1.96 bits per heavy atom. The van der Waals surface area contributed by atoms with Gasteiger partial charge in [0.15, 0.2) is 0 Å². The van der Waals surface area contributed by atoms with E-state index in [4.69, 9.17) is 0 Å². The van der Waals surface area contributed by atoms with Crippen molar-refractivity contribution in [1.82, 2.24) is 19.9 Å². The molecule has 1 aromatic carbocycles. The molecule has 0 aliphatic carbocycles.